The number of amides is 1. The van der Waals surface area contributed by atoms with Gasteiger partial charge in [0.15, 0.2) is 0 Å². The SMILES string of the molecule is CCC(C(=O)O)C(=O)N(C)CCc1cccc(Br)c1. The molecule has 1 aromatic rings. The number of likely N-dealkylation sites (N-methyl/N-ethyl adjacent to an activating group) is 1. The number of carbonyl (C=O) groups excluding carboxylic acids is 1. The fourth-order valence-electron chi connectivity index (χ4n) is 1.82. The zero-order chi connectivity index (χ0) is 14.4. The fourth-order valence-corrected chi connectivity index (χ4v) is 2.27. The fraction of sp³-hybridized carbons (Fsp3) is 0.429. The van der Waals surface area contributed by atoms with Gasteiger partial charge >= 0.3 is 5.97 Å². The summed E-state index contributed by atoms with van der Waals surface area (Å²) in [5.41, 5.74) is 1.11. The first-order valence-corrected chi connectivity index (χ1v) is 6.97. The molecule has 4 nitrogen and oxygen atoms in total. The Hall–Kier alpha value is -1.36. The maximum Gasteiger partial charge on any atom is 0.316 e. The van der Waals surface area contributed by atoms with Crippen molar-refractivity contribution in [1.29, 1.82) is 0 Å². The Kier molecular flexibility index (Phi) is 6.02. The third kappa shape index (κ3) is 4.67. The second kappa shape index (κ2) is 7.28. The second-order valence-corrected chi connectivity index (χ2v) is 5.35. The number of hydrogen-bond acceptors (Lipinski definition) is 2. The summed E-state index contributed by atoms with van der Waals surface area (Å²) in [6, 6.07) is 7.85. The van der Waals surface area contributed by atoms with Crippen molar-refractivity contribution < 1.29 is 14.7 Å². The van der Waals surface area contributed by atoms with Gasteiger partial charge in [0.2, 0.25) is 5.91 Å². The summed E-state index contributed by atoms with van der Waals surface area (Å²) in [6.45, 7) is 2.22. The lowest BCUT2D eigenvalue weighted by molar-refractivity contribution is -0.150. The van der Waals surface area contributed by atoms with E-state index in [2.05, 4.69) is 15.9 Å². The molecule has 1 atom stereocenters. The molecule has 0 radical (unpaired) electrons. The summed E-state index contributed by atoms with van der Waals surface area (Å²) < 4.78 is 0.996. The van der Waals surface area contributed by atoms with E-state index in [1.165, 1.54) is 4.90 Å². The maximum absolute atomic E-state index is 11.9. The van der Waals surface area contributed by atoms with Crippen molar-refractivity contribution in [3.8, 4) is 0 Å². The number of carbonyl (C=O) groups is 2. The van der Waals surface area contributed by atoms with Gasteiger partial charge in [-0.3, -0.25) is 9.59 Å². The Morgan fingerprint density at radius 2 is 2.11 bits per heavy atom. The molecule has 0 aliphatic carbocycles. The number of carboxylic acids is 1. The van der Waals surface area contributed by atoms with Crippen molar-refractivity contribution in [2.75, 3.05) is 13.6 Å². The highest BCUT2D eigenvalue weighted by Gasteiger charge is 2.26. The Labute approximate surface area is 121 Å². The van der Waals surface area contributed by atoms with Gasteiger partial charge in [-0.15, -0.1) is 0 Å². The van der Waals surface area contributed by atoms with Crippen molar-refractivity contribution in [2.24, 2.45) is 5.92 Å². The normalized spacial score (nSPS) is 11.9. The number of halogens is 1. The van der Waals surface area contributed by atoms with Gasteiger partial charge in [0, 0.05) is 18.1 Å². The minimum absolute atomic E-state index is 0.315. The highest BCUT2D eigenvalue weighted by molar-refractivity contribution is 9.10. The lowest BCUT2D eigenvalue weighted by Gasteiger charge is -2.20. The number of rotatable bonds is 6. The van der Waals surface area contributed by atoms with Crippen LogP contribution in [0.2, 0.25) is 0 Å². The van der Waals surface area contributed by atoms with E-state index < -0.39 is 11.9 Å². The molecular weight excluding hydrogens is 310 g/mol. The molecule has 1 rings (SSSR count). The van der Waals surface area contributed by atoms with Gasteiger partial charge < -0.3 is 10.0 Å². The molecule has 0 saturated heterocycles. The number of nitrogens with zero attached hydrogens (tertiary/aromatic N) is 1. The Bertz CT molecular complexity index is 462. The average Bonchev–Trinajstić information content (AvgIpc) is 2.36. The first-order chi connectivity index (χ1) is 8.95. The molecule has 1 amide bonds. The molecule has 1 N–H and O–H groups in total. The summed E-state index contributed by atoms with van der Waals surface area (Å²) in [7, 11) is 1.64. The van der Waals surface area contributed by atoms with Crippen LogP contribution in [0.15, 0.2) is 28.7 Å². The maximum atomic E-state index is 11.9. The first kappa shape index (κ1) is 15.7. The number of benzene rings is 1. The molecule has 0 aliphatic heterocycles. The minimum atomic E-state index is -1.05. The zero-order valence-electron chi connectivity index (χ0n) is 11.1. The third-order valence-electron chi connectivity index (χ3n) is 3.01. The van der Waals surface area contributed by atoms with E-state index in [9.17, 15) is 9.59 Å². The molecule has 0 fully saturated rings. The van der Waals surface area contributed by atoms with E-state index in [1.54, 1.807) is 14.0 Å². The lowest BCUT2D eigenvalue weighted by atomic mass is 10.1. The highest BCUT2D eigenvalue weighted by Crippen LogP contribution is 2.13. The molecule has 0 heterocycles. The Balaban J connectivity index is 2.57. The van der Waals surface area contributed by atoms with E-state index in [0.29, 0.717) is 19.4 Å². The molecule has 104 valence electrons. The van der Waals surface area contributed by atoms with Crippen LogP contribution in [0.3, 0.4) is 0 Å². The van der Waals surface area contributed by atoms with E-state index in [-0.39, 0.29) is 5.91 Å². The van der Waals surface area contributed by atoms with Gasteiger partial charge in [-0.2, -0.15) is 0 Å². The summed E-state index contributed by atoms with van der Waals surface area (Å²) in [6.07, 6.45) is 1.02. The molecule has 1 unspecified atom stereocenters. The van der Waals surface area contributed by atoms with Crippen LogP contribution in [0.5, 0.6) is 0 Å². The summed E-state index contributed by atoms with van der Waals surface area (Å²) in [5.74, 6) is -2.32. The predicted octanol–water partition coefficient (Wildman–Crippen LogP) is 2.56. The average molecular weight is 328 g/mol. The Morgan fingerprint density at radius 1 is 1.42 bits per heavy atom. The molecule has 0 bridgehead atoms. The van der Waals surface area contributed by atoms with Crippen LogP contribution in [0.25, 0.3) is 0 Å². The topological polar surface area (TPSA) is 57.6 Å². The molecule has 5 heteroatoms. The monoisotopic (exact) mass is 327 g/mol. The largest absolute Gasteiger partial charge is 0.481 e. The molecule has 0 aliphatic rings. The molecule has 1 aromatic carbocycles. The van der Waals surface area contributed by atoms with Gasteiger partial charge in [-0.25, -0.2) is 0 Å². The smallest absolute Gasteiger partial charge is 0.316 e. The minimum Gasteiger partial charge on any atom is -0.481 e. The van der Waals surface area contributed by atoms with Crippen LogP contribution >= 0.6 is 15.9 Å². The van der Waals surface area contributed by atoms with Crippen LogP contribution in [-0.2, 0) is 16.0 Å². The highest BCUT2D eigenvalue weighted by atomic mass is 79.9. The van der Waals surface area contributed by atoms with Crippen molar-refractivity contribution in [3.05, 3.63) is 34.3 Å². The zero-order valence-corrected chi connectivity index (χ0v) is 12.7. The van der Waals surface area contributed by atoms with Crippen molar-refractivity contribution >= 4 is 27.8 Å². The van der Waals surface area contributed by atoms with Gasteiger partial charge in [0.05, 0.1) is 0 Å². The lowest BCUT2D eigenvalue weighted by Crippen LogP contribution is -2.37. The second-order valence-electron chi connectivity index (χ2n) is 4.44. The van der Waals surface area contributed by atoms with Crippen LogP contribution in [-0.4, -0.2) is 35.5 Å². The van der Waals surface area contributed by atoms with E-state index >= 15 is 0 Å². The van der Waals surface area contributed by atoms with E-state index in [0.717, 1.165) is 10.0 Å². The number of carboxylic acid groups (broad SMARTS) is 1. The standard InChI is InChI=1S/C14H18BrNO3/c1-3-12(14(18)19)13(17)16(2)8-7-10-5-4-6-11(15)9-10/h4-6,9,12H,3,7-8H2,1-2H3,(H,18,19). The van der Waals surface area contributed by atoms with Crippen molar-refractivity contribution in [3.63, 3.8) is 0 Å². The van der Waals surface area contributed by atoms with Crippen LogP contribution in [0.1, 0.15) is 18.9 Å². The molecule has 19 heavy (non-hydrogen) atoms. The molecule has 0 spiro atoms. The van der Waals surface area contributed by atoms with E-state index in [4.69, 9.17) is 5.11 Å². The summed E-state index contributed by atoms with van der Waals surface area (Å²) in [4.78, 5) is 24.4. The predicted molar refractivity (Wildman–Crippen MR) is 76.9 cm³/mol. The number of aliphatic carboxylic acids is 1. The third-order valence-corrected chi connectivity index (χ3v) is 3.50. The van der Waals surface area contributed by atoms with Crippen LogP contribution in [0, 0.1) is 5.92 Å². The summed E-state index contributed by atoms with van der Waals surface area (Å²) >= 11 is 3.39. The Morgan fingerprint density at radius 3 is 2.63 bits per heavy atom. The van der Waals surface area contributed by atoms with Gasteiger partial charge in [-0.1, -0.05) is 35.0 Å². The van der Waals surface area contributed by atoms with Crippen molar-refractivity contribution in [1.82, 2.24) is 4.90 Å². The van der Waals surface area contributed by atoms with Crippen LogP contribution < -0.4 is 0 Å². The quantitative estimate of drug-likeness (QED) is 0.817. The van der Waals surface area contributed by atoms with Crippen molar-refractivity contribution in [2.45, 2.75) is 19.8 Å². The summed E-state index contributed by atoms with van der Waals surface area (Å²) in [5, 5.41) is 8.96. The van der Waals surface area contributed by atoms with Crippen LogP contribution in [0.4, 0.5) is 0 Å². The van der Waals surface area contributed by atoms with Gasteiger partial charge in [0.25, 0.3) is 0 Å². The molecule has 0 saturated carbocycles. The first-order valence-electron chi connectivity index (χ1n) is 6.18. The van der Waals surface area contributed by atoms with Gasteiger partial charge in [0.1, 0.15) is 5.92 Å². The van der Waals surface area contributed by atoms with E-state index in [1.807, 2.05) is 24.3 Å². The molecular formula is C14H18BrNO3. The molecule has 0 aromatic heterocycles. The number of hydrogen-bond donors (Lipinski definition) is 1. The van der Waals surface area contributed by atoms with Gasteiger partial charge in [-0.05, 0) is 30.5 Å².